The lowest BCUT2D eigenvalue weighted by Gasteiger charge is -2.10. The smallest absolute Gasteiger partial charge is 0.356 e. The highest BCUT2D eigenvalue weighted by Crippen LogP contribution is 2.16. The highest BCUT2D eigenvalue weighted by atomic mass is 16.5. The first-order valence-corrected chi connectivity index (χ1v) is 6.47. The molecule has 1 heterocycles. The Morgan fingerprint density at radius 3 is 2.71 bits per heavy atom. The number of anilines is 2. The zero-order valence-electron chi connectivity index (χ0n) is 11.7. The largest absolute Gasteiger partial charge is 0.492 e. The second-order valence-corrected chi connectivity index (χ2v) is 4.21. The summed E-state index contributed by atoms with van der Waals surface area (Å²) in [4.78, 5) is 15.5. The molecule has 0 aliphatic heterocycles. The van der Waals surface area contributed by atoms with Gasteiger partial charge in [-0.05, 0) is 24.3 Å². The number of para-hydroxylation sites is 1. The minimum absolute atomic E-state index is 0.207. The Kier molecular flexibility index (Phi) is 4.98. The van der Waals surface area contributed by atoms with Crippen molar-refractivity contribution >= 4 is 17.5 Å². The number of carbonyl (C=O) groups is 1. The number of hydrogen-bond acceptors (Lipinski definition) is 6. The summed E-state index contributed by atoms with van der Waals surface area (Å²) in [7, 11) is 1.31. The van der Waals surface area contributed by atoms with Crippen molar-refractivity contribution in [2.24, 2.45) is 0 Å². The molecule has 2 aromatic rings. The van der Waals surface area contributed by atoms with Crippen LogP contribution < -0.4 is 15.8 Å². The Hall–Kier alpha value is -2.76. The summed E-state index contributed by atoms with van der Waals surface area (Å²) in [6, 6.07) is 12.6. The van der Waals surface area contributed by atoms with Crippen LogP contribution in [0.3, 0.4) is 0 Å². The molecule has 6 nitrogen and oxygen atoms in total. The van der Waals surface area contributed by atoms with Gasteiger partial charge in [0.25, 0.3) is 0 Å². The fraction of sp³-hybridized carbons (Fsp3) is 0.200. The van der Waals surface area contributed by atoms with Crippen molar-refractivity contribution in [1.29, 1.82) is 0 Å². The number of benzene rings is 1. The lowest BCUT2D eigenvalue weighted by atomic mass is 10.3. The van der Waals surface area contributed by atoms with Crippen LogP contribution in [-0.2, 0) is 4.74 Å². The second kappa shape index (κ2) is 7.14. The number of ether oxygens (including phenoxy) is 2. The van der Waals surface area contributed by atoms with Crippen molar-refractivity contribution in [2.75, 3.05) is 31.3 Å². The summed E-state index contributed by atoms with van der Waals surface area (Å²) in [5.41, 5.74) is 6.47. The number of hydrogen-bond donors (Lipinski definition) is 2. The fourth-order valence-electron chi connectivity index (χ4n) is 1.68. The van der Waals surface area contributed by atoms with E-state index in [1.807, 2.05) is 30.3 Å². The van der Waals surface area contributed by atoms with E-state index < -0.39 is 5.97 Å². The summed E-state index contributed by atoms with van der Waals surface area (Å²) in [5, 5.41) is 3.03. The van der Waals surface area contributed by atoms with Crippen molar-refractivity contribution in [1.82, 2.24) is 4.98 Å². The minimum atomic E-state index is -0.501. The van der Waals surface area contributed by atoms with Gasteiger partial charge >= 0.3 is 5.97 Å². The van der Waals surface area contributed by atoms with Crippen LogP contribution in [0.2, 0.25) is 0 Å². The lowest BCUT2D eigenvalue weighted by Crippen LogP contribution is -2.15. The Bertz CT molecular complexity index is 602. The first-order valence-electron chi connectivity index (χ1n) is 6.47. The molecule has 1 aromatic heterocycles. The molecule has 0 bridgehead atoms. The first kappa shape index (κ1) is 14.6. The number of nitrogen functional groups attached to an aromatic ring is 1. The molecule has 21 heavy (non-hydrogen) atoms. The highest BCUT2D eigenvalue weighted by molar-refractivity contribution is 5.88. The number of esters is 1. The topological polar surface area (TPSA) is 86.5 Å². The summed E-state index contributed by atoms with van der Waals surface area (Å²) in [5.74, 6) is 0.733. The Balaban J connectivity index is 1.89. The number of nitrogens with zero attached hydrogens (tertiary/aromatic N) is 1. The molecule has 0 saturated carbocycles. The van der Waals surface area contributed by atoms with Crippen LogP contribution in [0, 0.1) is 0 Å². The maximum absolute atomic E-state index is 11.4. The fourth-order valence-corrected chi connectivity index (χ4v) is 1.68. The molecule has 0 atom stereocenters. The number of pyridine rings is 1. The summed E-state index contributed by atoms with van der Waals surface area (Å²) in [6.45, 7) is 0.963. The van der Waals surface area contributed by atoms with Crippen LogP contribution in [0.1, 0.15) is 10.5 Å². The van der Waals surface area contributed by atoms with Crippen molar-refractivity contribution in [3.05, 3.63) is 48.2 Å². The van der Waals surface area contributed by atoms with Crippen LogP contribution in [0.25, 0.3) is 0 Å². The third kappa shape index (κ3) is 4.10. The molecule has 3 N–H and O–H groups in total. The zero-order chi connectivity index (χ0) is 15.1. The Morgan fingerprint density at radius 1 is 1.24 bits per heavy atom. The first-order chi connectivity index (χ1) is 10.2. The van der Waals surface area contributed by atoms with Gasteiger partial charge in [0.05, 0.1) is 19.3 Å². The van der Waals surface area contributed by atoms with Gasteiger partial charge in [-0.2, -0.15) is 0 Å². The molecular weight excluding hydrogens is 270 g/mol. The molecule has 2 rings (SSSR count). The summed E-state index contributed by atoms with van der Waals surface area (Å²) in [6.07, 6.45) is 0. The van der Waals surface area contributed by atoms with Crippen molar-refractivity contribution in [3.8, 4) is 5.75 Å². The van der Waals surface area contributed by atoms with Gasteiger partial charge in [0, 0.05) is 0 Å². The normalized spacial score (nSPS) is 9.95. The van der Waals surface area contributed by atoms with Gasteiger partial charge in [-0.1, -0.05) is 18.2 Å². The van der Waals surface area contributed by atoms with Gasteiger partial charge in [0.1, 0.15) is 18.2 Å². The number of aromatic nitrogens is 1. The van der Waals surface area contributed by atoms with E-state index in [1.165, 1.54) is 13.2 Å². The van der Waals surface area contributed by atoms with E-state index >= 15 is 0 Å². The number of nitrogens with two attached hydrogens (primary N) is 1. The highest BCUT2D eigenvalue weighted by Gasteiger charge is 2.10. The minimum Gasteiger partial charge on any atom is -0.492 e. The molecule has 6 heteroatoms. The van der Waals surface area contributed by atoms with Gasteiger partial charge in [-0.15, -0.1) is 0 Å². The number of rotatable bonds is 6. The van der Waals surface area contributed by atoms with Gasteiger partial charge in [-0.3, -0.25) is 0 Å². The molecule has 0 fully saturated rings. The van der Waals surface area contributed by atoms with E-state index in [9.17, 15) is 4.79 Å². The quantitative estimate of drug-likeness (QED) is 0.623. The van der Waals surface area contributed by atoms with Crippen molar-refractivity contribution in [2.45, 2.75) is 0 Å². The monoisotopic (exact) mass is 287 g/mol. The molecule has 0 spiro atoms. The van der Waals surface area contributed by atoms with Crippen molar-refractivity contribution in [3.63, 3.8) is 0 Å². The van der Waals surface area contributed by atoms with Crippen LogP contribution in [0.15, 0.2) is 42.5 Å². The van der Waals surface area contributed by atoms with Crippen molar-refractivity contribution < 1.29 is 14.3 Å². The van der Waals surface area contributed by atoms with E-state index in [2.05, 4.69) is 15.0 Å². The van der Waals surface area contributed by atoms with E-state index in [0.717, 1.165) is 5.75 Å². The molecular formula is C15H17N3O3. The van der Waals surface area contributed by atoms with Gasteiger partial charge in [0.15, 0.2) is 5.69 Å². The number of methoxy groups -OCH3 is 1. The molecule has 0 amide bonds. The molecule has 0 aliphatic rings. The predicted molar refractivity (Wildman–Crippen MR) is 80.4 cm³/mol. The van der Waals surface area contributed by atoms with Crippen LogP contribution >= 0.6 is 0 Å². The van der Waals surface area contributed by atoms with Crippen LogP contribution in [-0.4, -0.2) is 31.2 Å². The molecule has 0 saturated heterocycles. The maximum atomic E-state index is 11.4. The average molecular weight is 287 g/mol. The standard InChI is InChI=1S/C15H17N3O3/c1-20-15(19)13-8-7-12(16)14(18-13)17-9-10-21-11-5-3-2-4-6-11/h2-8H,9-10,16H2,1H3,(H,17,18). The molecule has 0 unspecified atom stereocenters. The number of nitrogens with one attached hydrogen (secondary N) is 1. The molecule has 0 aliphatic carbocycles. The van der Waals surface area contributed by atoms with Gasteiger partial charge in [0.2, 0.25) is 0 Å². The molecule has 0 radical (unpaired) electrons. The van der Waals surface area contributed by atoms with E-state index in [-0.39, 0.29) is 5.69 Å². The average Bonchev–Trinajstić information content (AvgIpc) is 2.53. The molecule has 110 valence electrons. The SMILES string of the molecule is COC(=O)c1ccc(N)c(NCCOc2ccccc2)n1. The Labute approximate surface area is 122 Å². The van der Waals surface area contributed by atoms with Crippen LogP contribution in [0.5, 0.6) is 5.75 Å². The third-order valence-electron chi connectivity index (χ3n) is 2.73. The van der Waals surface area contributed by atoms with E-state index in [1.54, 1.807) is 6.07 Å². The van der Waals surface area contributed by atoms with Gasteiger partial charge < -0.3 is 20.5 Å². The molecule has 1 aromatic carbocycles. The zero-order valence-corrected chi connectivity index (χ0v) is 11.7. The van der Waals surface area contributed by atoms with Crippen LogP contribution in [0.4, 0.5) is 11.5 Å². The van der Waals surface area contributed by atoms with E-state index in [0.29, 0.717) is 24.7 Å². The van der Waals surface area contributed by atoms with E-state index in [4.69, 9.17) is 10.5 Å². The summed E-state index contributed by atoms with van der Waals surface area (Å²) >= 11 is 0. The lowest BCUT2D eigenvalue weighted by molar-refractivity contribution is 0.0594. The second-order valence-electron chi connectivity index (χ2n) is 4.21. The summed E-state index contributed by atoms with van der Waals surface area (Å²) < 4.78 is 10.2. The maximum Gasteiger partial charge on any atom is 0.356 e. The number of carbonyl (C=O) groups excluding carboxylic acids is 1. The third-order valence-corrected chi connectivity index (χ3v) is 2.73. The Morgan fingerprint density at radius 2 is 2.00 bits per heavy atom. The van der Waals surface area contributed by atoms with Gasteiger partial charge in [-0.25, -0.2) is 9.78 Å². The predicted octanol–water partition coefficient (Wildman–Crippen LogP) is 1.94.